The molecule has 0 N–H and O–H groups in total. The molecule has 1 rings (SSSR count). The van der Waals surface area contributed by atoms with Gasteiger partial charge in [-0.15, -0.1) is 0 Å². The fourth-order valence-electron chi connectivity index (χ4n) is 1.81. The third kappa shape index (κ3) is 3.16. The van der Waals surface area contributed by atoms with E-state index >= 15 is 0 Å². The fourth-order valence-corrected chi connectivity index (χ4v) is 1.81. The molecule has 4 heteroatoms. The lowest BCUT2D eigenvalue weighted by molar-refractivity contribution is -0.194. The second-order valence-corrected chi connectivity index (χ2v) is 3.66. The second kappa shape index (κ2) is 4.29. The highest BCUT2D eigenvalue weighted by Gasteiger charge is 2.44. The minimum absolute atomic E-state index is 0.0370. The van der Waals surface area contributed by atoms with Gasteiger partial charge in [-0.2, -0.15) is 13.2 Å². The van der Waals surface area contributed by atoms with Gasteiger partial charge in [-0.3, -0.25) is 0 Å². The van der Waals surface area contributed by atoms with E-state index in [9.17, 15) is 17.6 Å². The van der Waals surface area contributed by atoms with Gasteiger partial charge in [0.1, 0.15) is 6.17 Å². The SMILES string of the molecule is F[C@@H]1CCCCCCC1C(F)(F)F. The molecule has 13 heavy (non-hydrogen) atoms. The minimum atomic E-state index is -4.35. The predicted molar refractivity (Wildman–Crippen MR) is 42.1 cm³/mol. The topological polar surface area (TPSA) is 0 Å². The van der Waals surface area contributed by atoms with E-state index in [1.165, 1.54) is 0 Å². The standard InChI is InChI=1S/C9H14F4/c10-8-6-4-2-1-3-5-7(8)9(11,12)13/h7-8H,1-6H2/t7?,8-/m1/s1. The smallest absolute Gasteiger partial charge is 0.247 e. The molecule has 78 valence electrons. The highest BCUT2D eigenvalue weighted by molar-refractivity contribution is 4.77. The quantitative estimate of drug-likeness (QED) is 0.518. The average Bonchev–Trinajstić information content (AvgIpc) is 1.94. The van der Waals surface area contributed by atoms with Crippen LogP contribution in [0.1, 0.15) is 38.5 Å². The Morgan fingerprint density at radius 2 is 1.38 bits per heavy atom. The minimum Gasteiger partial charge on any atom is -0.247 e. The summed E-state index contributed by atoms with van der Waals surface area (Å²) in [5, 5.41) is 0. The van der Waals surface area contributed by atoms with Crippen molar-refractivity contribution in [2.75, 3.05) is 0 Å². The van der Waals surface area contributed by atoms with Crippen molar-refractivity contribution in [2.45, 2.75) is 50.9 Å². The van der Waals surface area contributed by atoms with Gasteiger partial charge >= 0.3 is 6.18 Å². The monoisotopic (exact) mass is 198 g/mol. The fraction of sp³-hybridized carbons (Fsp3) is 1.00. The van der Waals surface area contributed by atoms with E-state index in [2.05, 4.69) is 0 Å². The normalized spacial score (nSPS) is 32.3. The third-order valence-electron chi connectivity index (χ3n) is 2.60. The van der Waals surface area contributed by atoms with Crippen LogP contribution in [0.4, 0.5) is 17.6 Å². The summed E-state index contributed by atoms with van der Waals surface area (Å²) in [5.74, 6) is -1.72. The van der Waals surface area contributed by atoms with Crippen molar-refractivity contribution in [1.82, 2.24) is 0 Å². The zero-order valence-corrected chi connectivity index (χ0v) is 7.41. The molecule has 0 aromatic heterocycles. The lowest BCUT2D eigenvalue weighted by Gasteiger charge is -2.25. The van der Waals surface area contributed by atoms with Gasteiger partial charge in [-0.1, -0.05) is 25.7 Å². The van der Waals surface area contributed by atoms with E-state index in [0.29, 0.717) is 12.8 Å². The number of halogens is 4. The van der Waals surface area contributed by atoms with Gasteiger partial charge in [0.2, 0.25) is 0 Å². The first-order valence-corrected chi connectivity index (χ1v) is 4.72. The highest BCUT2D eigenvalue weighted by atomic mass is 19.4. The van der Waals surface area contributed by atoms with Gasteiger partial charge in [-0.05, 0) is 12.8 Å². The molecular weight excluding hydrogens is 184 g/mol. The van der Waals surface area contributed by atoms with Crippen LogP contribution in [-0.4, -0.2) is 12.3 Å². The summed E-state index contributed by atoms with van der Waals surface area (Å²) in [7, 11) is 0. The summed E-state index contributed by atoms with van der Waals surface area (Å²) in [6, 6.07) is 0. The zero-order chi connectivity index (χ0) is 9.90. The van der Waals surface area contributed by atoms with Crippen LogP contribution in [0.5, 0.6) is 0 Å². The molecule has 0 bridgehead atoms. The van der Waals surface area contributed by atoms with Gasteiger partial charge in [-0.25, -0.2) is 4.39 Å². The van der Waals surface area contributed by atoms with Crippen LogP contribution in [0.25, 0.3) is 0 Å². The Kier molecular flexibility index (Phi) is 3.56. The molecule has 0 spiro atoms. The largest absolute Gasteiger partial charge is 0.394 e. The summed E-state index contributed by atoms with van der Waals surface area (Å²) in [5.41, 5.74) is 0. The van der Waals surface area contributed by atoms with Gasteiger partial charge in [0.15, 0.2) is 0 Å². The van der Waals surface area contributed by atoms with Crippen molar-refractivity contribution >= 4 is 0 Å². The Bertz CT molecular complexity index is 152. The number of alkyl halides is 4. The van der Waals surface area contributed by atoms with Crippen LogP contribution in [0.3, 0.4) is 0 Å². The highest BCUT2D eigenvalue weighted by Crippen LogP contribution is 2.37. The molecule has 0 radical (unpaired) electrons. The van der Waals surface area contributed by atoms with Crippen molar-refractivity contribution in [1.29, 1.82) is 0 Å². The second-order valence-electron chi connectivity index (χ2n) is 3.66. The summed E-state index contributed by atoms with van der Waals surface area (Å²) in [6.07, 6.45) is -3.23. The van der Waals surface area contributed by atoms with Crippen molar-refractivity contribution in [3.63, 3.8) is 0 Å². The van der Waals surface area contributed by atoms with E-state index < -0.39 is 18.3 Å². The Labute approximate surface area is 75.3 Å². The van der Waals surface area contributed by atoms with Crippen LogP contribution in [0.2, 0.25) is 0 Å². The maximum Gasteiger partial charge on any atom is 0.394 e. The Morgan fingerprint density at radius 3 is 1.92 bits per heavy atom. The molecule has 0 saturated heterocycles. The summed E-state index contributed by atoms with van der Waals surface area (Å²) in [6.45, 7) is 0. The molecule has 1 saturated carbocycles. The molecule has 0 aromatic rings. The summed E-state index contributed by atoms with van der Waals surface area (Å²) >= 11 is 0. The van der Waals surface area contributed by atoms with Crippen molar-refractivity contribution in [3.8, 4) is 0 Å². The van der Waals surface area contributed by atoms with E-state index in [-0.39, 0.29) is 12.8 Å². The molecule has 0 heterocycles. The molecule has 1 aliphatic rings. The van der Waals surface area contributed by atoms with Crippen LogP contribution < -0.4 is 0 Å². The third-order valence-corrected chi connectivity index (χ3v) is 2.60. The van der Waals surface area contributed by atoms with Crippen LogP contribution >= 0.6 is 0 Å². The molecule has 2 atom stereocenters. The van der Waals surface area contributed by atoms with Crippen molar-refractivity contribution < 1.29 is 17.6 Å². The lowest BCUT2D eigenvalue weighted by Crippen LogP contribution is -2.32. The number of hydrogen-bond acceptors (Lipinski definition) is 0. The molecule has 1 aliphatic carbocycles. The maximum atomic E-state index is 13.1. The zero-order valence-electron chi connectivity index (χ0n) is 7.41. The first-order valence-electron chi connectivity index (χ1n) is 4.72. The predicted octanol–water partition coefficient (Wildman–Crippen LogP) is 3.86. The molecule has 0 nitrogen and oxygen atoms in total. The van der Waals surface area contributed by atoms with Crippen LogP contribution in [-0.2, 0) is 0 Å². The Balaban J connectivity index is 2.56. The summed E-state index contributed by atoms with van der Waals surface area (Å²) in [4.78, 5) is 0. The van der Waals surface area contributed by atoms with Crippen molar-refractivity contribution in [2.24, 2.45) is 5.92 Å². The first kappa shape index (κ1) is 10.8. The van der Waals surface area contributed by atoms with Gasteiger partial charge < -0.3 is 0 Å². The van der Waals surface area contributed by atoms with Crippen LogP contribution in [0, 0.1) is 5.92 Å². The molecule has 0 aliphatic heterocycles. The average molecular weight is 198 g/mol. The Hall–Kier alpha value is -0.280. The molecular formula is C9H14F4. The molecule has 1 fully saturated rings. The summed E-state index contributed by atoms with van der Waals surface area (Å²) < 4.78 is 49.9. The van der Waals surface area contributed by atoms with Gasteiger partial charge in [0, 0.05) is 0 Å². The molecule has 1 unspecified atom stereocenters. The number of rotatable bonds is 0. The van der Waals surface area contributed by atoms with Crippen LogP contribution in [0.15, 0.2) is 0 Å². The lowest BCUT2D eigenvalue weighted by atomic mass is 9.89. The van der Waals surface area contributed by atoms with Gasteiger partial charge in [0.05, 0.1) is 5.92 Å². The Morgan fingerprint density at radius 1 is 0.846 bits per heavy atom. The molecule has 0 aromatic carbocycles. The van der Waals surface area contributed by atoms with E-state index in [1.807, 2.05) is 0 Å². The number of hydrogen-bond donors (Lipinski definition) is 0. The first-order chi connectivity index (χ1) is 6.02. The van der Waals surface area contributed by atoms with Crippen molar-refractivity contribution in [3.05, 3.63) is 0 Å². The van der Waals surface area contributed by atoms with Gasteiger partial charge in [0.25, 0.3) is 0 Å². The van der Waals surface area contributed by atoms with E-state index in [1.54, 1.807) is 0 Å². The molecule has 0 amide bonds. The maximum absolute atomic E-state index is 13.1. The van der Waals surface area contributed by atoms with E-state index in [0.717, 1.165) is 12.8 Å². The van der Waals surface area contributed by atoms with E-state index in [4.69, 9.17) is 0 Å².